The number of aromatic hydroxyl groups is 1. The van der Waals surface area contributed by atoms with Gasteiger partial charge in [0.05, 0.1) is 11.2 Å². The van der Waals surface area contributed by atoms with Crippen molar-refractivity contribution in [1.82, 2.24) is 9.78 Å². The molecule has 0 bridgehead atoms. The van der Waals surface area contributed by atoms with Gasteiger partial charge >= 0.3 is 0 Å². The van der Waals surface area contributed by atoms with Crippen LogP contribution in [0.25, 0.3) is 0 Å². The summed E-state index contributed by atoms with van der Waals surface area (Å²) in [6.07, 6.45) is 2.45. The minimum atomic E-state index is -0.128. The lowest BCUT2D eigenvalue weighted by molar-refractivity contribution is 0.294. The van der Waals surface area contributed by atoms with Gasteiger partial charge < -0.3 is 5.11 Å². The van der Waals surface area contributed by atoms with Crippen LogP contribution in [0.3, 0.4) is 0 Å². The molecule has 0 spiro atoms. The lowest BCUT2D eigenvalue weighted by Crippen LogP contribution is -2.22. The monoisotopic (exact) mass is 180 g/mol. The molecule has 0 saturated heterocycles. The highest BCUT2D eigenvalue weighted by Crippen LogP contribution is 2.40. The predicted octanol–water partition coefficient (Wildman–Crippen LogP) is 2.22. The van der Waals surface area contributed by atoms with E-state index in [0.717, 1.165) is 5.69 Å². The summed E-state index contributed by atoms with van der Waals surface area (Å²) in [4.78, 5) is 0. The number of nitrogens with zero attached hydrogens (tertiary/aromatic N) is 2. The van der Waals surface area contributed by atoms with Crippen LogP contribution < -0.4 is 0 Å². The highest BCUT2D eigenvalue weighted by Gasteiger charge is 2.29. The van der Waals surface area contributed by atoms with Crippen LogP contribution in [-0.2, 0) is 5.54 Å². The third-order valence-corrected chi connectivity index (χ3v) is 2.34. The van der Waals surface area contributed by atoms with Gasteiger partial charge in [0.1, 0.15) is 0 Å². The van der Waals surface area contributed by atoms with Crippen LogP contribution in [0.1, 0.15) is 45.2 Å². The van der Waals surface area contributed by atoms with Crippen molar-refractivity contribution in [2.45, 2.75) is 45.1 Å². The summed E-state index contributed by atoms with van der Waals surface area (Å²) in [6.45, 7) is 6.11. The largest absolute Gasteiger partial charge is 0.493 e. The highest BCUT2D eigenvalue weighted by atomic mass is 16.3. The van der Waals surface area contributed by atoms with Gasteiger partial charge in [-0.05, 0) is 33.6 Å². The van der Waals surface area contributed by atoms with Crippen molar-refractivity contribution in [2.75, 3.05) is 0 Å². The Bertz CT molecular complexity index is 318. The number of hydrogen-bond donors (Lipinski definition) is 1. The van der Waals surface area contributed by atoms with Crippen molar-refractivity contribution in [2.24, 2.45) is 0 Å². The van der Waals surface area contributed by atoms with E-state index in [4.69, 9.17) is 0 Å². The van der Waals surface area contributed by atoms with Crippen molar-refractivity contribution in [3.05, 3.63) is 11.8 Å². The highest BCUT2D eigenvalue weighted by molar-refractivity contribution is 5.22. The summed E-state index contributed by atoms with van der Waals surface area (Å²) in [5, 5.41) is 14.1. The second-order valence-electron chi connectivity index (χ2n) is 4.78. The van der Waals surface area contributed by atoms with Crippen molar-refractivity contribution >= 4 is 0 Å². The van der Waals surface area contributed by atoms with E-state index in [9.17, 15) is 5.11 Å². The zero-order valence-electron chi connectivity index (χ0n) is 8.41. The summed E-state index contributed by atoms with van der Waals surface area (Å²) in [7, 11) is 0. The van der Waals surface area contributed by atoms with Gasteiger partial charge in [-0.25, -0.2) is 4.68 Å². The Hall–Kier alpha value is -0.990. The molecule has 3 nitrogen and oxygen atoms in total. The Balaban J connectivity index is 2.35. The fourth-order valence-electron chi connectivity index (χ4n) is 1.46. The molecule has 1 fully saturated rings. The van der Waals surface area contributed by atoms with Gasteiger partial charge in [-0.1, -0.05) is 0 Å². The smallest absolute Gasteiger partial charge is 0.210 e. The van der Waals surface area contributed by atoms with E-state index in [1.807, 2.05) is 20.8 Å². The molecule has 1 saturated carbocycles. The van der Waals surface area contributed by atoms with Gasteiger partial charge in [-0.3, -0.25) is 0 Å². The zero-order valence-corrected chi connectivity index (χ0v) is 8.41. The molecule has 1 heterocycles. The van der Waals surface area contributed by atoms with E-state index < -0.39 is 0 Å². The summed E-state index contributed by atoms with van der Waals surface area (Å²) >= 11 is 0. The lowest BCUT2D eigenvalue weighted by Gasteiger charge is -2.19. The molecule has 3 heteroatoms. The van der Waals surface area contributed by atoms with Crippen LogP contribution in [-0.4, -0.2) is 14.9 Å². The molecule has 1 aromatic heterocycles. The molecule has 1 aromatic rings. The third-order valence-electron chi connectivity index (χ3n) is 2.34. The van der Waals surface area contributed by atoms with Crippen LogP contribution in [0.2, 0.25) is 0 Å². The van der Waals surface area contributed by atoms with E-state index in [0.29, 0.717) is 5.92 Å². The van der Waals surface area contributed by atoms with Crippen LogP contribution in [0.5, 0.6) is 5.88 Å². The van der Waals surface area contributed by atoms with Crippen molar-refractivity contribution in [3.8, 4) is 5.88 Å². The first-order chi connectivity index (χ1) is 5.98. The first-order valence-corrected chi connectivity index (χ1v) is 4.78. The molecule has 0 unspecified atom stereocenters. The Kier molecular flexibility index (Phi) is 1.65. The van der Waals surface area contributed by atoms with E-state index >= 15 is 0 Å². The second-order valence-corrected chi connectivity index (χ2v) is 4.78. The van der Waals surface area contributed by atoms with Crippen LogP contribution in [0, 0.1) is 0 Å². The molecule has 1 N–H and O–H groups in total. The molecule has 13 heavy (non-hydrogen) atoms. The SMILES string of the molecule is CC(C)(C)n1nc(C2CC2)cc1O. The first-order valence-electron chi connectivity index (χ1n) is 4.78. The van der Waals surface area contributed by atoms with Gasteiger partial charge in [0, 0.05) is 12.0 Å². The molecule has 1 aliphatic carbocycles. The molecule has 0 radical (unpaired) electrons. The van der Waals surface area contributed by atoms with Crippen LogP contribution in [0.4, 0.5) is 0 Å². The molecule has 0 amide bonds. The predicted molar refractivity (Wildman–Crippen MR) is 50.9 cm³/mol. The maximum atomic E-state index is 9.64. The third kappa shape index (κ3) is 1.55. The Labute approximate surface area is 78.4 Å². The quantitative estimate of drug-likeness (QED) is 0.719. The Morgan fingerprint density at radius 2 is 2.08 bits per heavy atom. The molecule has 0 atom stereocenters. The van der Waals surface area contributed by atoms with Gasteiger partial charge in [0.25, 0.3) is 0 Å². The van der Waals surface area contributed by atoms with E-state index in [1.165, 1.54) is 12.8 Å². The molecule has 2 rings (SSSR count). The average Bonchev–Trinajstić information content (AvgIpc) is 2.73. The minimum Gasteiger partial charge on any atom is -0.493 e. The van der Waals surface area contributed by atoms with Crippen LogP contribution >= 0.6 is 0 Å². The summed E-state index contributed by atoms with van der Waals surface area (Å²) in [6, 6.07) is 1.79. The molecule has 1 aliphatic rings. The number of aromatic nitrogens is 2. The zero-order chi connectivity index (χ0) is 9.64. The van der Waals surface area contributed by atoms with Crippen molar-refractivity contribution in [1.29, 1.82) is 0 Å². The summed E-state index contributed by atoms with van der Waals surface area (Å²) in [5.41, 5.74) is 0.921. The molecule has 72 valence electrons. The maximum Gasteiger partial charge on any atom is 0.210 e. The van der Waals surface area contributed by atoms with Gasteiger partial charge in [-0.2, -0.15) is 5.10 Å². The Morgan fingerprint density at radius 1 is 1.46 bits per heavy atom. The van der Waals surface area contributed by atoms with E-state index in [-0.39, 0.29) is 11.4 Å². The van der Waals surface area contributed by atoms with Crippen molar-refractivity contribution < 1.29 is 5.11 Å². The summed E-state index contributed by atoms with van der Waals surface area (Å²) < 4.78 is 1.70. The lowest BCUT2D eigenvalue weighted by atomic mass is 10.1. The normalized spacial score (nSPS) is 17.8. The second kappa shape index (κ2) is 2.50. The van der Waals surface area contributed by atoms with E-state index in [1.54, 1.807) is 10.7 Å². The number of hydrogen-bond acceptors (Lipinski definition) is 2. The molecular formula is C10H16N2O. The summed E-state index contributed by atoms with van der Waals surface area (Å²) in [5.74, 6) is 0.893. The van der Waals surface area contributed by atoms with Crippen molar-refractivity contribution in [3.63, 3.8) is 0 Å². The minimum absolute atomic E-state index is 0.128. The molecular weight excluding hydrogens is 164 g/mol. The average molecular weight is 180 g/mol. The maximum absolute atomic E-state index is 9.64. The molecule has 0 aromatic carbocycles. The fourth-order valence-corrected chi connectivity index (χ4v) is 1.46. The van der Waals surface area contributed by atoms with Gasteiger partial charge in [-0.15, -0.1) is 0 Å². The number of rotatable bonds is 1. The molecule has 0 aliphatic heterocycles. The topological polar surface area (TPSA) is 38.0 Å². The standard InChI is InChI=1S/C10H16N2O/c1-10(2,3)12-9(13)6-8(11-12)7-4-5-7/h6-7,13H,4-5H2,1-3H3. The first kappa shape index (κ1) is 8.60. The van der Waals surface area contributed by atoms with Gasteiger partial charge in [0.2, 0.25) is 5.88 Å². The van der Waals surface area contributed by atoms with Crippen LogP contribution in [0.15, 0.2) is 6.07 Å². The Morgan fingerprint density at radius 3 is 2.46 bits per heavy atom. The van der Waals surface area contributed by atoms with Gasteiger partial charge in [0.15, 0.2) is 0 Å². The van der Waals surface area contributed by atoms with E-state index in [2.05, 4.69) is 5.10 Å². The fraction of sp³-hybridized carbons (Fsp3) is 0.700.